The topological polar surface area (TPSA) is 126 Å². The maximum Gasteiger partial charge on any atom is 0.418 e. The second-order valence-electron chi connectivity index (χ2n) is 16.6. The minimum absolute atomic E-state index is 0.0191. The van der Waals surface area contributed by atoms with Crippen molar-refractivity contribution in [3.8, 4) is 33.8 Å². The Morgan fingerprint density at radius 1 is 0.521 bits per heavy atom. The summed E-state index contributed by atoms with van der Waals surface area (Å²) in [6.07, 6.45) is -2.88. The van der Waals surface area contributed by atoms with E-state index in [1.807, 2.05) is 0 Å². The molecule has 2 saturated heterocycles. The molecule has 0 aliphatic carbocycles. The van der Waals surface area contributed by atoms with Crippen LogP contribution in [0.15, 0.2) is 140 Å². The third kappa shape index (κ3) is 11.7. The Labute approximate surface area is 420 Å². The normalized spacial score (nSPS) is 14.6. The molecule has 0 unspecified atom stereocenters. The monoisotopic (exact) mass is 1030 g/mol. The highest BCUT2D eigenvalue weighted by atomic mass is 32.2. The molecule has 0 N–H and O–H groups in total. The van der Waals surface area contributed by atoms with Gasteiger partial charge in [0.2, 0.25) is 11.8 Å². The van der Waals surface area contributed by atoms with Crippen LogP contribution in [0.25, 0.3) is 34.4 Å². The molecule has 6 aromatic rings. The third-order valence-corrected chi connectivity index (χ3v) is 13.3. The lowest BCUT2D eigenvalue weighted by molar-refractivity contribution is -0.139. The minimum atomic E-state index is -5.18. The van der Waals surface area contributed by atoms with E-state index in [2.05, 4.69) is 0 Å². The van der Waals surface area contributed by atoms with E-state index in [4.69, 9.17) is 18.3 Å². The second-order valence-corrected chi connectivity index (χ2v) is 17.7. The maximum atomic E-state index is 15.9. The van der Waals surface area contributed by atoms with Crippen LogP contribution in [0.5, 0.6) is 11.5 Å². The average molecular weight is 1030 g/mol. The van der Waals surface area contributed by atoms with E-state index in [9.17, 15) is 19.2 Å². The van der Waals surface area contributed by atoms with Gasteiger partial charge in [-0.05, 0) is 85.7 Å². The van der Waals surface area contributed by atoms with Crippen molar-refractivity contribution in [1.82, 2.24) is 19.6 Å². The van der Waals surface area contributed by atoms with Crippen molar-refractivity contribution in [1.29, 1.82) is 0 Å². The molecule has 0 saturated carbocycles. The summed E-state index contributed by atoms with van der Waals surface area (Å²) in [6.45, 7) is 4.71. The number of rotatable bonds is 14. The van der Waals surface area contributed by atoms with Crippen molar-refractivity contribution in [3.05, 3.63) is 156 Å². The molecule has 4 amide bonds. The summed E-state index contributed by atoms with van der Waals surface area (Å²) in [5.74, 6) is -1.34. The van der Waals surface area contributed by atoms with Gasteiger partial charge in [-0.15, -0.1) is 0 Å². The predicted molar refractivity (Wildman–Crippen MR) is 261 cm³/mol. The van der Waals surface area contributed by atoms with Crippen LogP contribution in [0.4, 0.5) is 26.3 Å². The number of para-hydroxylation sites is 2. The smallest absolute Gasteiger partial charge is 0.418 e. The zero-order valence-electron chi connectivity index (χ0n) is 39.5. The molecular weight excluding hydrogens is 979 g/mol. The van der Waals surface area contributed by atoms with E-state index in [-0.39, 0.29) is 134 Å². The van der Waals surface area contributed by atoms with E-state index < -0.39 is 56.2 Å². The zero-order valence-corrected chi connectivity index (χ0v) is 40.3. The molecule has 73 heavy (non-hydrogen) atoms. The fourth-order valence-corrected chi connectivity index (χ4v) is 9.87. The number of amides is 4. The van der Waals surface area contributed by atoms with Gasteiger partial charge in [0.05, 0.1) is 36.9 Å². The third-order valence-electron chi connectivity index (χ3n) is 12.1. The second kappa shape index (κ2) is 22.4. The van der Waals surface area contributed by atoms with Gasteiger partial charge in [-0.1, -0.05) is 60.3 Å². The van der Waals surface area contributed by atoms with Crippen molar-refractivity contribution < 1.29 is 63.8 Å². The molecule has 380 valence electrons. The Hall–Kier alpha value is -7.67. The van der Waals surface area contributed by atoms with Crippen LogP contribution in [-0.4, -0.2) is 109 Å². The van der Waals surface area contributed by atoms with Crippen LogP contribution in [0.1, 0.15) is 57.2 Å². The van der Waals surface area contributed by atoms with Crippen molar-refractivity contribution in [2.45, 2.75) is 36.0 Å². The van der Waals surface area contributed by atoms with Crippen LogP contribution < -0.4 is 9.47 Å². The van der Waals surface area contributed by atoms with Crippen molar-refractivity contribution in [3.63, 3.8) is 0 Å². The number of ether oxygens (including phenoxy) is 2. The Morgan fingerprint density at radius 3 is 1.23 bits per heavy atom. The summed E-state index contributed by atoms with van der Waals surface area (Å²) in [5, 5.41) is 0. The largest absolute Gasteiger partial charge is 0.493 e. The van der Waals surface area contributed by atoms with Gasteiger partial charge in [-0.25, -0.2) is 0 Å². The predicted octanol–water partition coefficient (Wildman–Crippen LogP) is 11.2. The average Bonchev–Trinajstić information content (AvgIpc) is 4.14. The summed E-state index contributed by atoms with van der Waals surface area (Å²) in [4.78, 5) is 57.7. The lowest BCUT2D eigenvalue weighted by atomic mass is 9.92. The highest BCUT2D eigenvalue weighted by Gasteiger charge is 2.42. The molecular formula is C54H48F6N4O8S. The number of benzene rings is 4. The van der Waals surface area contributed by atoms with Gasteiger partial charge >= 0.3 is 12.4 Å². The minimum Gasteiger partial charge on any atom is -0.493 e. The summed E-state index contributed by atoms with van der Waals surface area (Å²) in [5.41, 5.74) is -3.57. The molecule has 2 aliphatic heterocycles. The lowest BCUT2D eigenvalue weighted by Gasteiger charge is -2.33. The summed E-state index contributed by atoms with van der Waals surface area (Å²) in [6, 6.07) is 22.9. The van der Waals surface area contributed by atoms with E-state index in [1.54, 1.807) is 38.1 Å². The molecule has 2 aromatic heterocycles. The molecule has 12 nitrogen and oxygen atoms in total. The molecule has 0 radical (unpaired) electrons. The van der Waals surface area contributed by atoms with Crippen LogP contribution in [0.2, 0.25) is 0 Å². The molecule has 2 fully saturated rings. The Kier molecular flexibility index (Phi) is 15.9. The SMILES string of the molecule is CCOc1ccccc1-c1c(C=CC(=O)N2CCN(C(=O)c3ccco3)CC2)ccc(Sc2ccc(C=CC(=O)N3CCN(C(=O)c4ccco4)CC3)c(-c3ccccc3OCC)c2C(F)(F)F)c1C(F)(F)F. The number of carbonyl (C=O) groups excluding carboxylic acids is 4. The lowest BCUT2D eigenvalue weighted by Crippen LogP contribution is -2.50. The molecule has 19 heteroatoms. The Bertz CT molecular complexity index is 2810. The molecule has 2 aliphatic rings. The highest BCUT2D eigenvalue weighted by molar-refractivity contribution is 7.99. The quantitative estimate of drug-likeness (QED) is 0.0774. The zero-order chi connectivity index (χ0) is 51.9. The van der Waals surface area contributed by atoms with E-state index in [0.717, 1.165) is 24.3 Å². The van der Waals surface area contributed by atoms with E-state index in [1.165, 1.54) is 105 Å². The Morgan fingerprint density at radius 2 is 0.890 bits per heavy atom. The number of alkyl halides is 6. The molecule has 8 rings (SSSR count). The van der Waals surface area contributed by atoms with Gasteiger partial charge < -0.3 is 37.9 Å². The van der Waals surface area contributed by atoms with E-state index in [0.29, 0.717) is 0 Å². The van der Waals surface area contributed by atoms with E-state index >= 15 is 26.3 Å². The van der Waals surface area contributed by atoms with Gasteiger partial charge in [0.15, 0.2) is 11.5 Å². The van der Waals surface area contributed by atoms with Crippen molar-refractivity contribution in [2.75, 3.05) is 65.6 Å². The molecule has 4 heterocycles. The summed E-state index contributed by atoms with van der Waals surface area (Å²) in [7, 11) is 0. The molecule has 0 bridgehead atoms. The number of hydrogen-bond donors (Lipinski definition) is 0. The molecule has 0 atom stereocenters. The number of hydrogen-bond acceptors (Lipinski definition) is 9. The van der Waals surface area contributed by atoms with Crippen molar-refractivity contribution in [2.24, 2.45) is 0 Å². The van der Waals surface area contributed by atoms with Crippen LogP contribution >= 0.6 is 11.8 Å². The number of piperazine rings is 2. The Balaban J connectivity index is 1.18. The van der Waals surface area contributed by atoms with Gasteiger partial charge in [0, 0.05) is 96.6 Å². The standard InChI is InChI=1S/C54H48F6N4O8S/c1-3-69-39-13-7-5-11-37(39)47-35(19-23-45(65)61-25-29-63(30-26-61)51(67)41-15-9-33-71-41)17-21-43(49(47)53(55,56)57)73-44-22-18-36(48(50(44)54(58,59)60)38-12-6-8-14-40(38)70-4-2)20-24-46(66)62-27-31-64(32-28-62)52(68)42-16-10-34-72-42/h5-24,33-34H,3-4,25-32H2,1-2H3. The first-order valence-electron chi connectivity index (χ1n) is 23.3. The first-order valence-corrected chi connectivity index (χ1v) is 24.1. The number of nitrogens with zero attached hydrogens (tertiary/aromatic N) is 4. The number of carbonyl (C=O) groups is 4. The first-order chi connectivity index (χ1) is 35.1. The summed E-state index contributed by atoms with van der Waals surface area (Å²) < 4.78 is 118. The highest BCUT2D eigenvalue weighted by Crippen LogP contribution is 2.52. The fourth-order valence-electron chi connectivity index (χ4n) is 8.72. The van der Waals surface area contributed by atoms with Gasteiger partial charge in [-0.2, -0.15) is 26.3 Å². The van der Waals surface area contributed by atoms with Gasteiger partial charge in [0.1, 0.15) is 11.5 Å². The maximum absolute atomic E-state index is 15.9. The molecule has 4 aromatic carbocycles. The van der Waals surface area contributed by atoms with Crippen LogP contribution in [0.3, 0.4) is 0 Å². The number of halogens is 6. The van der Waals surface area contributed by atoms with Gasteiger partial charge in [-0.3, -0.25) is 19.2 Å². The van der Waals surface area contributed by atoms with Crippen molar-refractivity contribution >= 4 is 47.5 Å². The summed E-state index contributed by atoms with van der Waals surface area (Å²) >= 11 is 0.267. The van der Waals surface area contributed by atoms with Crippen LogP contribution in [0, 0.1) is 0 Å². The molecule has 0 spiro atoms. The number of furan rings is 2. The first kappa shape index (κ1) is 51.7. The van der Waals surface area contributed by atoms with Gasteiger partial charge in [0.25, 0.3) is 11.8 Å². The van der Waals surface area contributed by atoms with Crippen LogP contribution in [-0.2, 0) is 21.9 Å². The fraction of sp³-hybridized carbons (Fsp3) is 0.259.